The van der Waals surface area contributed by atoms with Gasteiger partial charge in [-0.05, 0) is 18.2 Å². The second-order valence-electron chi connectivity index (χ2n) is 3.31. The number of nitrogens with zero attached hydrogens (tertiary/aromatic N) is 2. The molecule has 0 bridgehead atoms. The molecule has 7 heteroatoms. The molecule has 2 aromatic rings. The third kappa shape index (κ3) is 3.02. The van der Waals surface area contributed by atoms with Crippen LogP contribution in [-0.2, 0) is 0 Å². The summed E-state index contributed by atoms with van der Waals surface area (Å²) in [4.78, 5) is 19.3. The lowest BCUT2D eigenvalue weighted by Crippen LogP contribution is -2.14. The average molecular weight is 331 g/mol. The van der Waals surface area contributed by atoms with E-state index in [-0.39, 0.29) is 10.7 Å². The quantitative estimate of drug-likeness (QED) is 0.860. The Bertz CT molecular complexity index is 609. The highest BCUT2D eigenvalue weighted by Crippen LogP contribution is 2.17. The number of anilines is 1. The first kappa shape index (κ1) is 12.9. The maximum Gasteiger partial charge on any atom is 0.260 e. The smallest absolute Gasteiger partial charge is 0.260 e. The first-order chi connectivity index (χ1) is 8.56. The van der Waals surface area contributed by atoms with Crippen LogP contribution in [0.1, 0.15) is 10.4 Å². The molecule has 0 aromatic carbocycles. The van der Waals surface area contributed by atoms with Crippen molar-refractivity contribution in [3.8, 4) is 0 Å². The summed E-state index contributed by atoms with van der Waals surface area (Å²) in [6, 6.07) is 4.34. The summed E-state index contributed by atoms with van der Waals surface area (Å²) in [7, 11) is 0. The van der Waals surface area contributed by atoms with Gasteiger partial charge in [0, 0.05) is 10.7 Å². The SMILES string of the molecule is O=C(Nc1cc(Br)ccn1)c1cc(F)cnc1Cl. The molecule has 0 atom stereocenters. The Balaban J connectivity index is 2.24. The number of carbonyl (C=O) groups is 1. The van der Waals surface area contributed by atoms with Gasteiger partial charge in [-0.2, -0.15) is 0 Å². The number of rotatable bonds is 2. The van der Waals surface area contributed by atoms with Gasteiger partial charge in [0.25, 0.3) is 5.91 Å². The Kier molecular flexibility index (Phi) is 3.88. The van der Waals surface area contributed by atoms with Crippen LogP contribution in [0, 0.1) is 5.82 Å². The molecule has 0 spiro atoms. The first-order valence-corrected chi connectivity index (χ1v) is 5.97. The predicted molar refractivity (Wildman–Crippen MR) is 69.1 cm³/mol. The standard InChI is InChI=1S/C11H6BrClFN3O/c12-6-1-2-15-9(3-6)17-11(18)8-4-7(14)5-16-10(8)13/h1-5H,(H,15,17,18). The van der Waals surface area contributed by atoms with Crippen molar-refractivity contribution in [2.75, 3.05) is 5.32 Å². The van der Waals surface area contributed by atoms with Gasteiger partial charge in [0.05, 0.1) is 11.8 Å². The third-order valence-electron chi connectivity index (χ3n) is 2.01. The zero-order valence-corrected chi connectivity index (χ0v) is 11.2. The second kappa shape index (κ2) is 5.41. The van der Waals surface area contributed by atoms with Crippen LogP contribution in [0.5, 0.6) is 0 Å². The van der Waals surface area contributed by atoms with Crippen LogP contribution in [0.2, 0.25) is 5.15 Å². The molecule has 0 unspecified atom stereocenters. The van der Waals surface area contributed by atoms with Crippen molar-refractivity contribution >= 4 is 39.3 Å². The van der Waals surface area contributed by atoms with Crippen molar-refractivity contribution in [1.29, 1.82) is 0 Å². The average Bonchev–Trinajstić information content (AvgIpc) is 2.32. The number of pyridine rings is 2. The van der Waals surface area contributed by atoms with Crippen LogP contribution < -0.4 is 5.32 Å². The monoisotopic (exact) mass is 329 g/mol. The highest BCUT2D eigenvalue weighted by atomic mass is 79.9. The topological polar surface area (TPSA) is 54.9 Å². The van der Waals surface area contributed by atoms with Gasteiger partial charge in [-0.25, -0.2) is 14.4 Å². The minimum Gasteiger partial charge on any atom is -0.306 e. The summed E-state index contributed by atoms with van der Waals surface area (Å²) in [5.41, 5.74) is -0.0431. The van der Waals surface area contributed by atoms with E-state index in [2.05, 4.69) is 31.2 Å². The maximum absolute atomic E-state index is 13.0. The summed E-state index contributed by atoms with van der Waals surface area (Å²) < 4.78 is 13.7. The Morgan fingerprint density at radius 1 is 1.39 bits per heavy atom. The van der Waals surface area contributed by atoms with Gasteiger partial charge >= 0.3 is 0 Å². The molecule has 2 rings (SSSR count). The summed E-state index contributed by atoms with van der Waals surface area (Å²) in [5.74, 6) is -0.876. The fourth-order valence-corrected chi connectivity index (χ4v) is 1.76. The fourth-order valence-electron chi connectivity index (χ4n) is 1.24. The van der Waals surface area contributed by atoms with E-state index < -0.39 is 11.7 Å². The minimum atomic E-state index is -0.633. The van der Waals surface area contributed by atoms with Crippen molar-refractivity contribution in [2.24, 2.45) is 0 Å². The van der Waals surface area contributed by atoms with Gasteiger partial charge in [0.1, 0.15) is 16.8 Å². The van der Waals surface area contributed by atoms with E-state index in [1.165, 1.54) is 6.20 Å². The summed E-state index contributed by atoms with van der Waals surface area (Å²) in [5, 5.41) is 2.43. The van der Waals surface area contributed by atoms with E-state index in [0.717, 1.165) is 16.7 Å². The van der Waals surface area contributed by atoms with E-state index in [9.17, 15) is 9.18 Å². The molecule has 0 saturated carbocycles. The molecule has 0 saturated heterocycles. The highest BCUT2D eigenvalue weighted by Gasteiger charge is 2.13. The van der Waals surface area contributed by atoms with Crippen LogP contribution in [0.15, 0.2) is 35.1 Å². The number of hydrogen-bond donors (Lipinski definition) is 1. The van der Waals surface area contributed by atoms with E-state index in [1.54, 1.807) is 12.1 Å². The van der Waals surface area contributed by atoms with Crippen LogP contribution in [0.4, 0.5) is 10.2 Å². The molecule has 0 fully saturated rings. The van der Waals surface area contributed by atoms with Gasteiger partial charge in [-0.1, -0.05) is 27.5 Å². The zero-order valence-electron chi connectivity index (χ0n) is 8.82. The molecular weight excluding hydrogens is 324 g/mol. The molecule has 92 valence electrons. The normalized spacial score (nSPS) is 10.2. The number of aromatic nitrogens is 2. The van der Waals surface area contributed by atoms with Gasteiger partial charge in [0.2, 0.25) is 0 Å². The van der Waals surface area contributed by atoms with Gasteiger partial charge in [-0.15, -0.1) is 0 Å². The molecular formula is C11H6BrClFN3O. The number of nitrogens with one attached hydrogen (secondary N) is 1. The summed E-state index contributed by atoms with van der Waals surface area (Å²) in [6.07, 6.45) is 2.46. The van der Waals surface area contributed by atoms with E-state index in [4.69, 9.17) is 11.6 Å². The molecule has 0 aliphatic rings. The van der Waals surface area contributed by atoms with Gasteiger partial charge in [-0.3, -0.25) is 4.79 Å². The summed E-state index contributed by atoms with van der Waals surface area (Å²) in [6.45, 7) is 0. The van der Waals surface area contributed by atoms with Crippen LogP contribution in [0.25, 0.3) is 0 Å². The molecule has 2 aromatic heterocycles. The van der Waals surface area contributed by atoms with Gasteiger partial charge in [0.15, 0.2) is 0 Å². The third-order valence-corrected chi connectivity index (χ3v) is 2.81. The second-order valence-corrected chi connectivity index (χ2v) is 4.58. The number of amides is 1. The number of halogens is 3. The lowest BCUT2D eigenvalue weighted by molar-refractivity contribution is 0.102. The van der Waals surface area contributed by atoms with Crippen molar-refractivity contribution in [1.82, 2.24) is 9.97 Å². The number of hydrogen-bond acceptors (Lipinski definition) is 3. The van der Waals surface area contributed by atoms with Gasteiger partial charge < -0.3 is 5.32 Å². The molecule has 1 amide bonds. The van der Waals surface area contributed by atoms with Crippen molar-refractivity contribution in [2.45, 2.75) is 0 Å². The Morgan fingerprint density at radius 2 is 2.17 bits per heavy atom. The van der Waals surface area contributed by atoms with Crippen molar-refractivity contribution < 1.29 is 9.18 Å². The highest BCUT2D eigenvalue weighted by molar-refractivity contribution is 9.10. The molecule has 0 aliphatic carbocycles. The first-order valence-electron chi connectivity index (χ1n) is 4.80. The summed E-state index contributed by atoms with van der Waals surface area (Å²) >= 11 is 8.96. The fraction of sp³-hybridized carbons (Fsp3) is 0. The molecule has 0 aliphatic heterocycles. The van der Waals surface area contributed by atoms with Crippen LogP contribution in [-0.4, -0.2) is 15.9 Å². The van der Waals surface area contributed by atoms with Crippen LogP contribution in [0.3, 0.4) is 0 Å². The van der Waals surface area contributed by atoms with E-state index in [0.29, 0.717) is 5.82 Å². The van der Waals surface area contributed by atoms with Crippen LogP contribution >= 0.6 is 27.5 Å². The van der Waals surface area contributed by atoms with Crippen molar-refractivity contribution in [3.63, 3.8) is 0 Å². The zero-order chi connectivity index (χ0) is 13.1. The Hall–Kier alpha value is -1.53. The molecule has 2 heterocycles. The Labute approximate surface area is 115 Å². The molecule has 18 heavy (non-hydrogen) atoms. The lowest BCUT2D eigenvalue weighted by atomic mass is 10.2. The van der Waals surface area contributed by atoms with E-state index in [1.807, 2.05) is 0 Å². The van der Waals surface area contributed by atoms with Crippen molar-refractivity contribution in [3.05, 3.63) is 51.6 Å². The maximum atomic E-state index is 13.0. The minimum absolute atomic E-state index is 0.0431. The van der Waals surface area contributed by atoms with E-state index >= 15 is 0 Å². The predicted octanol–water partition coefficient (Wildman–Crippen LogP) is 3.28. The lowest BCUT2D eigenvalue weighted by Gasteiger charge is -2.05. The molecule has 4 nitrogen and oxygen atoms in total. The largest absolute Gasteiger partial charge is 0.306 e. The number of carbonyl (C=O) groups excluding carboxylic acids is 1. The molecule has 1 N–H and O–H groups in total. The Morgan fingerprint density at radius 3 is 2.89 bits per heavy atom. The molecule has 0 radical (unpaired) electrons.